The summed E-state index contributed by atoms with van der Waals surface area (Å²) in [6.07, 6.45) is 2.58. The van der Waals surface area contributed by atoms with E-state index in [4.69, 9.17) is 0 Å². The molecule has 4 heteroatoms. The van der Waals surface area contributed by atoms with E-state index < -0.39 is 0 Å². The number of hydrogen-bond donors (Lipinski definition) is 1. The van der Waals surface area contributed by atoms with Crippen LogP contribution in [0.4, 0.5) is 0 Å². The molecule has 1 aliphatic heterocycles. The van der Waals surface area contributed by atoms with Crippen LogP contribution in [0, 0.1) is 13.8 Å². The molecule has 2 aromatic rings. The van der Waals surface area contributed by atoms with Crippen molar-refractivity contribution in [3.63, 3.8) is 0 Å². The van der Waals surface area contributed by atoms with Crippen LogP contribution in [0.2, 0.25) is 0 Å². The molecule has 0 unspecified atom stereocenters. The molecule has 118 valence electrons. The summed E-state index contributed by atoms with van der Waals surface area (Å²) in [6.45, 7) is 8.29. The normalized spacial score (nSPS) is 15.6. The zero-order valence-electron chi connectivity index (χ0n) is 13.8. The summed E-state index contributed by atoms with van der Waals surface area (Å²) in [7, 11) is 1.90. The molecular weight excluding hydrogens is 274 g/mol. The van der Waals surface area contributed by atoms with Crippen LogP contribution in [-0.2, 0) is 0 Å². The number of carbonyl (C=O) groups is 1. The quantitative estimate of drug-likeness (QED) is 0.943. The summed E-state index contributed by atoms with van der Waals surface area (Å²) in [5.41, 5.74) is 4.27. The average Bonchev–Trinajstić information content (AvgIpc) is 3.13. The maximum absolute atomic E-state index is 12.6. The number of aromatic amines is 1. The third-order valence-electron chi connectivity index (χ3n) is 4.85. The van der Waals surface area contributed by atoms with E-state index in [0.29, 0.717) is 0 Å². The molecule has 2 heterocycles. The van der Waals surface area contributed by atoms with Gasteiger partial charge in [0.25, 0.3) is 5.91 Å². The molecule has 1 N–H and O–H groups in total. The minimum Gasteiger partial charge on any atom is -0.358 e. The number of nitrogens with one attached hydrogen (secondary N) is 1. The average molecular weight is 299 g/mol. The second-order valence-electron chi connectivity index (χ2n) is 6.41. The van der Waals surface area contributed by atoms with Gasteiger partial charge in [0.1, 0.15) is 0 Å². The van der Waals surface area contributed by atoms with E-state index in [0.717, 1.165) is 29.6 Å². The molecule has 0 radical (unpaired) electrons. The summed E-state index contributed by atoms with van der Waals surface area (Å²) in [5.74, 6) is 0.111. The summed E-state index contributed by atoms with van der Waals surface area (Å²) < 4.78 is 0. The summed E-state index contributed by atoms with van der Waals surface area (Å²) in [6, 6.07) is 5.95. The number of benzene rings is 1. The Morgan fingerprint density at radius 1 is 1.27 bits per heavy atom. The number of likely N-dealkylation sites (tertiary alicyclic amines) is 1. The first-order valence-electron chi connectivity index (χ1n) is 8.13. The van der Waals surface area contributed by atoms with E-state index in [1.807, 2.05) is 30.1 Å². The van der Waals surface area contributed by atoms with E-state index in [2.05, 4.69) is 23.7 Å². The van der Waals surface area contributed by atoms with Gasteiger partial charge >= 0.3 is 0 Å². The molecule has 0 spiro atoms. The van der Waals surface area contributed by atoms with Crippen LogP contribution >= 0.6 is 0 Å². The van der Waals surface area contributed by atoms with Gasteiger partial charge in [0.2, 0.25) is 0 Å². The number of nitrogens with zero attached hydrogens (tertiary/aromatic N) is 2. The fourth-order valence-corrected chi connectivity index (χ4v) is 3.21. The number of carbonyl (C=O) groups excluding carboxylic acids is 1. The predicted molar refractivity (Wildman–Crippen MR) is 90.4 cm³/mol. The Morgan fingerprint density at radius 2 is 2.00 bits per heavy atom. The lowest BCUT2D eigenvalue weighted by molar-refractivity contribution is 0.0782. The van der Waals surface area contributed by atoms with Gasteiger partial charge in [-0.25, -0.2) is 0 Å². The van der Waals surface area contributed by atoms with E-state index in [1.54, 1.807) is 0 Å². The van der Waals surface area contributed by atoms with Crippen LogP contribution in [-0.4, -0.2) is 53.9 Å². The monoisotopic (exact) mass is 299 g/mol. The third-order valence-corrected chi connectivity index (χ3v) is 4.85. The molecule has 3 rings (SSSR count). The van der Waals surface area contributed by atoms with Gasteiger partial charge in [0.05, 0.1) is 0 Å². The lowest BCUT2D eigenvalue weighted by atomic mass is 10.1. The van der Waals surface area contributed by atoms with Crippen LogP contribution in [0.5, 0.6) is 0 Å². The van der Waals surface area contributed by atoms with Crippen LogP contribution in [0.15, 0.2) is 18.2 Å². The maximum Gasteiger partial charge on any atom is 0.253 e. The van der Waals surface area contributed by atoms with E-state index in [9.17, 15) is 4.79 Å². The van der Waals surface area contributed by atoms with Gasteiger partial charge in [0, 0.05) is 42.3 Å². The fourth-order valence-electron chi connectivity index (χ4n) is 3.21. The Kier molecular flexibility index (Phi) is 4.21. The molecule has 22 heavy (non-hydrogen) atoms. The SMILES string of the molecule is Cc1[nH]c2ccc(C(=O)N(C)CCN3CCCC3)cc2c1C. The highest BCUT2D eigenvalue weighted by Crippen LogP contribution is 2.23. The number of rotatable bonds is 4. The van der Waals surface area contributed by atoms with Crippen molar-refractivity contribution in [3.05, 3.63) is 35.0 Å². The molecule has 1 aliphatic rings. The summed E-state index contributed by atoms with van der Waals surface area (Å²) in [4.78, 5) is 20.2. The van der Waals surface area contributed by atoms with Crippen molar-refractivity contribution in [3.8, 4) is 0 Å². The summed E-state index contributed by atoms with van der Waals surface area (Å²) >= 11 is 0. The van der Waals surface area contributed by atoms with Gasteiger partial charge < -0.3 is 14.8 Å². The highest BCUT2D eigenvalue weighted by Gasteiger charge is 2.16. The molecule has 1 amide bonds. The van der Waals surface area contributed by atoms with E-state index in [-0.39, 0.29) is 5.91 Å². The van der Waals surface area contributed by atoms with Gasteiger partial charge in [-0.3, -0.25) is 4.79 Å². The zero-order valence-corrected chi connectivity index (χ0v) is 13.8. The van der Waals surface area contributed by atoms with Crippen LogP contribution in [0.3, 0.4) is 0 Å². The maximum atomic E-state index is 12.6. The van der Waals surface area contributed by atoms with Crippen molar-refractivity contribution in [2.75, 3.05) is 33.2 Å². The van der Waals surface area contributed by atoms with Crippen molar-refractivity contribution in [1.82, 2.24) is 14.8 Å². The van der Waals surface area contributed by atoms with Gasteiger partial charge in [-0.05, 0) is 63.5 Å². The lowest BCUT2D eigenvalue weighted by Gasteiger charge is -2.21. The van der Waals surface area contributed by atoms with Crippen molar-refractivity contribution < 1.29 is 4.79 Å². The minimum absolute atomic E-state index is 0.111. The largest absolute Gasteiger partial charge is 0.358 e. The van der Waals surface area contributed by atoms with Crippen molar-refractivity contribution in [1.29, 1.82) is 0 Å². The molecule has 4 nitrogen and oxygen atoms in total. The molecule has 1 aromatic carbocycles. The lowest BCUT2D eigenvalue weighted by Crippen LogP contribution is -2.35. The number of amides is 1. The van der Waals surface area contributed by atoms with E-state index in [1.165, 1.54) is 37.2 Å². The Hall–Kier alpha value is -1.81. The first kappa shape index (κ1) is 15.1. The molecule has 1 saturated heterocycles. The molecular formula is C18H25N3O. The van der Waals surface area contributed by atoms with Crippen LogP contribution in [0.25, 0.3) is 10.9 Å². The molecule has 0 bridgehead atoms. The van der Waals surface area contributed by atoms with Gasteiger partial charge in [-0.1, -0.05) is 0 Å². The van der Waals surface area contributed by atoms with E-state index >= 15 is 0 Å². The van der Waals surface area contributed by atoms with Gasteiger partial charge in [0.15, 0.2) is 0 Å². The standard InChI is InChI=1S/C18H25N3O/c1-13-14(2)19-17-7-6-15(12-16(13)17)18(22)20(3)10-11-21-8-4-5-9-21/h6-7,12,19H,4-5,8-11H2,1-3H3. The number of aryl methyl sites for hydroxylation is 2. The molecule has 1 fully saturated rings. The third kappa shape index (κ3) is 2.88. The highest BCUT2D eigenvalue weighted by atomic mass is 16.2. The van der Waals surface area contributed by atoms with Crippen LogP contribution < -0.4 is 0 Å². The Labute approximate surface area is 132 Å². The van der Waals surface area contributed by atoms with Gasteiger partial charge in [-0.2, -0.15) is 0 Å². The Balaban J connectivity index is 1.71. The highest BCUT2D eigenvalue weighted by molar-refractivity contribution is 5.98. The molecule has 1 aromatic heterocycles. The second-order valence-corrected chi connectivity index (χ2v) is 6.41. The van der Waals surface area contributed by atoms with Gasteiger partial charge in [-0.15, -0.1) is 0 Å². The fraction of sp³-hybridized carbons (Fsp3) is 0.500. The molecule has 0 atom stereocenters. The second kappa shape index (κ2) is 6.13. The smallest absolute Gasteiger partial charge is 0.253 e. The van der Waals surface area contributed by atoms with Crippen LogP contribution in [0.1, 0.15) is 34.5 Å². The topological polar surface area (TPSA) is 39.3 Å². The first-order chi connectivity index (χ1) is 10.6. The number of hydrogen-bond acceptors (Lipinski definition) is 2. The number of H-pyrrole nitrogens is 1. The number of fused-ring (bicyclic) bond motifs is 1. The molecule has 0 saturated carbocycles. The Bertz CT molecular complexity index is 683. The van der Waals surface area contributed by atoms with Crippen molar-refractivity contribution in [2.45, 2.75) is 26.7 Å². The zero-order chi connectivity index (χ0) is 15.7. The number of likely N-dealkylation sites (N-methyl/N-ethyl adjacent to an activating group) is 1. The molecule has 0 aliphatic carbocycles. The predicted octanol–water partition coefficient (Wildman–Crippen LogP) is 2.95. The van der Waals surface area contributed by atoms with Crippen molar-refractivity contribution >= 4 is 16.8 Å². The van der Waals surface area contributed by atoms with Crippen molar-refractivity contribution in [2.24, 2.45) is 0 Å². The first-order valence-corrected chi connectivity index (χ1v) is 8.13. The Morgan fingerprint density at radius 3 is 2.73 bits per heavy atom. The minimum atomic E-state index is 0.111. The number of aromatic nitrogens is 1. The summed E-state index contributed by atoms with van der Waals surface area (Å²) in [5, 5.41) is 1.15.